The van der Waals surface area contributed by atoms with Crippen molar-refractivity contribution in [2.75, 3.05) is 19.5 Å². The van der Waals surface area contributed by atoms with Gasteiger partial charge in [-0.25, -0.2) is 4.98 Å². The first-order valence-electron chi connectivity index (χ1n) is 6.58. The molecule has 2 atom stereocenters. The van der Waals surface area contributed by atoms with Gasteiger partial charge in [0.1, 0.15) is 11.4 Å². The van der Waals surface area contributed by atoms with E-state index in [-0.39, 0.29) is 18.1 Å². The van der Waals surface area contributed by atoms with Gasteiger partial charge in [-0.3, -0.25) is 4.79 Å². The van der Waals surface area contributed by atoms with Crippen LogP contribution in [0.5, 0.6) is 0 Å². The van der Waals surface area contributed by atoms with Crippen LogP contribution in [0.25, 0.3) is 5.65 Å². The topological polar surface area (TPSA) is 80.5 Å². The van der Waals surface area contributed by atoms with Crippen molar-refractivity contribution in [3.63, 3.8) is 0 Å². The van der Waals surface area contributed by atoms with E-state index in [1.807, 2.05) is 0 Å². The van der Waals surface area contributed by atoms with Crippen LogP contribution in [0.2, 0.25) is 0 Å². The Morgan fingerprint density at radius 1 is 1.50 bits per heavy atom. The highest BCUT2D eigenvalue weighted by Gasteiger charge is 2.32. The highest BCUT2D eigenvalue weighted by atomic mass is 16.5. The fourth-order valence-corrected chi connectivity index (χ4v) is 2.40. The van der Waals surface area contributed by atoms with Gasteiger partial charge in [-0.1, -0.05) is 0 Å². The highest BCUT2D eigenvalue weighted by molar-refractivity contribution is 6.00. The van der Waals surface area contributed by atoms with E-state index < -0.39 is 0 Å². The van der Waals surface area contributed by atoms with Crippen LogP contribution in [0, 0.1) is 0 Å². The molecule has 3 rings (SSSR count). The Balaban J connectivity index is 1.85. The molecule has 106 valence electrons. The number of amides is 1. The SMILES string of the molecule is CNc1ccnc2c(C(=O)N[C@H]3CC[C@@H]3OC)cnn12. The maximum absolute atomic E-state index is 12.3. The average molecular weight is 275 g/mol. The molecule has 2 heterocycles. The van der Waals surface area contributed by atoms with Crippen molar-refractivity contribution in [1.29, 1.82) is 0 Å². The van der Waals surface area contributed by atoms with Gasteiger partial charge in [-0.05, 0) is 18.9 Å². The Morgan fingerprint density at radius 3 is 3.00 bits per heavy atom. The van der Waals surface area contributed by atoms with Gasteiger partial charge < -0.3 is 15.4 Å². The lowest BCUT2D eigenvalue weighted by Crippen LogP contribution is -2.51. The Labute approximate surface area is 116 Å². The van der Waals surface area contributed by atoms with Crippen molar-refractivity contribution in [3.8, 4) is 0 Å². The van der Waals surface area contributed by atoms with Crippen molar-refractivity contribution in [2.24, 2.45) is 0 Å². The van der Waals surface area contributed by atoms with Crippen molar-refractivity contribution < 1.29 is 9.53 Å². The first-order valence-corrected chi connectivity index (χ1v) is 6.58. The number of methoxy groups -OCH3 is 1. The second kappa shape index (κ2) is 5.09. The Hall–Kier alpha value is -2.15. The highest BCUT2D eigenvalue weighted by Crippen LogP contribution is 2.23. The zero-order chi connectivity index (χ0) is 14.1. The number of nitrogens with zero attached hydrogens (tertiary/aromatic N) is 3. The van der Waals surface area contributed by atoms with Gasteiger partial charge in [0, 0.05) is 20.4 Å². The summed E-state index contributed by atoms with van der Waals surface area (Å²) in [5, 5.41) is 10.2. The van der Waals surface area contributed by atoms with E-state index in [0.717, 1.165) is 18.7 Å². The van der Waals surface area contributed by atoms with Crippen LogP contribution in [0.1, 0.15) is 23.2 Å². The predicted octanol–water partition coefficient (Wildman–Crippen LogP) is 0.678. The molecular formula is C13H17N5O2. The summed E-state index contributed by atoms with van der Waals surface area (Å²) in [4.78, 5) is 16.5. The Kier molecular flexibility index (Phi) is 3.27. The molecule has 1 amide bonds. The van der Waals surface area contributed by atoms with Crippen molar-refractivity contribution in [1.82, 2.24) is 19.9 Å². The van der Waals surface area contributed by atoms with E-state index in [9.17, 15) is 4.79 Å². The normalized spacial score (nSPS) is 21.5. The van der Waals surface area contributed by atoms with Gasteiger partial charge in [0.2, 0.25) is 0 Å². The molecule has 20 heavy (non-hydrogen) atoms. The minimum Gasteiger partial charge on any atom is -0.379 e. The monoisotopic (exact) mass is 275 g/mol. The third kappa shape index (κ3) is 2.00. The van der Waals surface area contributed by atoms with Crippen LogP contribution < -0.4 is 10.6 Å². The standard InChI is InChI=1S/C13H17N5O2/c1-14-11-5-6-15-12-8(7-16-18(11)12)13(19)17-9-3-4-10(9)20-2/h5-7,9-10,14H,3-4H2,1-2H3,(H,17,19)/t9-,10-/m0/s1. The summed E-state index contributed by atoms with van der Waals surface area (Å²) in [6, 6.07) is 1.88. The van der Waals surface area contributed by atoms with Gasteiger partial charge in [0.25, 0.3) is 5.91 Å². The van der Waals surface area contributed by atoms with E-state index in [2.05, 4.69) is 20.7 Å². The number of aromatic nitrogens is 3. The third-order valence-electron chi connectivity index (χ3n) is 3.73. The van der Waals surface area contributed by atoms with E-state index >= 15 is 0 Å². The molecule has 7 nitrogen and oxygen atoms in total. The summed E-state index contributed by atoms with van der Waals surface area (Å²) in [6.07, 6.45) is 5.23. The molecule has 1 aliphatic carbocycles. The molecule has 1 fully saturated rings. The lowest BCUT2D eigenvalue weighted by Gasteiger charge is -2.35. The van der Waals surface area contributed by atoms with Crippen LogP contribution in [0.15, 0.2) is 18.5 Å². The molecule has 0 unspecified atom stereocenters. The third-order valence-corrected chi connectivity index (χ3v) is 3.73. The first-order chi connectivity index (χ1) is 9.74. The molecule has 2 aromatic rings. The number of carbonyl (C=O) groups excluding carboxylic acids is 1. The molecule has 0 bridgehead atoms. The number of rotatable bonds is 4. The zero-order valence-corrected chi connectivity index (χ0v) is 11.5. The second-order valence-corrected chi connectivity index (χ2v) is 4.81. The number of hydrogen-bond acceptors (Lipinski definition) is 5. The summed E-state index contributed by atoms with van der Waals surface area (Å²) >= 11 is 0. The average Bonchev–Trinajstić information content (AvgIpc) is 2.87. The van der Waals surface area contributed by atoms with Gasteiger partial charge in [-0.2, -0.15) is 9.61 Å². The van der Waals surface area contributed by atoms with Crippen LogP contribution in [-0.2, 0) is 4.74 Å². The van der Waals surface area contributed by atoms with Gasteiger partial charge in [0.05, 0.1) is 18.3 Å². The number of nitrogens with one attached hydrogen (secondary N) is 2. The summed E-state index contributed by atoms with van der Waals surface area (Å²) < 4.78 is 6.89. The fourth-order valence-electron chi connectivity index (χ4n) is 2.40. The molecule has 2 aromatic heterocycles. The van der Waals surface area contributed by atoms with Gasteiger partial charge >= 0.3 is 0 Å². The molecule has 1 aliphatic rings. The molecule has 2 N–H and O–H groups in total. The van der Waals surface area contributed by atoms with Crippen molar-refractivity contribution >= 4 is 17.4 Å². The molecule has 7 heteroatoms. The van der Waals surface area contributed by atoms with Crippen molar-refractivity contribution in [2.45, 2.75) is 25.0 Å². The maximum atomic E-state index is 12.3. The number of carbonyl (C=O) groups is 1. The molecular weight excluding hydrogens is 258 g/mol. The van der Waals surface area contributed by atoms with Crippen LogP contribution in [0.4, 0.5) is 5.82 Å². The minimum atomic E-state index is -0.160. The minimum absolute atomic E-state index is 0.0786. The second-order valence-electron chi connectivity index (χ2n) is 4.81. The van der Waals surface area contributed by atoms with E-state index in [1.165, 1.54) is 0 Å². The Bertz CT molecular complexity index is 637. The van der Waals surface area contributed by atoms with Crippen LogP contribution in [-0.4, -0.2) is 46.8 Å². The number of fused-ring (bicyclic) bond motifs is 1. The number of hydrogen-bond donors (Lipinski definition) is 2. The first kappa shape index (κ1) is 12.9. The molecule has 0 aliphatic heterocycles. The quantitative estimate of drug-likeness (QED) is 0.857. The fraction of sp³-hybridized carbons (Fsp3) is 0.462. The predicted molar refractivity (Wildman–Crippen MR) is 73.8 cm³/mol. The van der Waals surface area contributed by atoms with Crippen LogP contribution >= 0.6 is 0 Å². The summed E-state index contributed by atoms with van der Waals surface area (Å²) in [6.45, 7) is 0. The van der Waals surface area contributed by atoms with E-state index in [0.29, 0.717) is 11.2 Å². The summed E-state index contributed by atoms with van der Waals surface area (Å²) in [5.41, 5.74) is 1.02. The lowest BCUT2D eigenvalue weighted by molar-refractivity contribution is 0.00732. The van der Waals surface area contributed by atoms with E-state index in [1.54, 1.807) is 37.1 Å². The molecule has 1 saturated carbocycles. The van der Waals surface area contributed by atoms with Gasteiger partial charge in [0.15, 0.2) is 5.65 Å². The number of ether oxygens (including phenoxy) is 1. The summed E-state index contributed by atoms with van der Waals surface area (Å²) in [5.74, 6) is 0.625. The molecule has 0 aromatic carbocycles. The molecule has 0 radical (unpaired) electrons. The van der Waals surface area contributed by atoms with E-state index in [4.69, 9.17) is 4.74 Å². The maximum Gasteiger partial charge on any atom is 0.257 e. The zero-order valence-electron chi connectivity index (χ0n) is 11.5. The molecule has 0 spiro atoms. The largest absolute Gasteiger partial charge is 0.379 e. The van der Waals surface area contributed by atoms with Crippen LogP contribution in [0.3, 0.4) is 0 Å². The van der Waals surface area contributed by atoms with Gasteiger partial charge in [-0.15, -0.1) is 0 Å². The molecule has 0 saturated heterocycles. The lowest BCUT2D eigenvalue weighted by atomic mass is 9.89. The summed E-state index contributed by atoms with van der Waals surface area (Å²) in [7, 11) is 3.47. The van der Waals surface area contributed by atoms with Crippen molar-refractivity contribution in [3.05, 3.63) is 24.0 Å². The Morgan fingerprint density at radius 2 is 2.35 bits per heavy atom. The smallest absolute Gasteiger partial charge is 0.257 e. The number of anilines is 1.